The SMILES string of the molecule is C=C/C(SNc1ccc(C(=C)N2CCN(C(=O)/C(=C/CC)C(C)F)CC2)c(C)c1)=C(/N=C)C(C)C. The van der Waals surface area contributed by atoms with Gasteiger partial charge in [0.15, 0.2) is 0 Å². The normalized spacial score (nSPS) is 16.0. The fourth-order valence-electron chi connectivity index (χ4n) is 4.08. The van der Waals surface area contributed by atoms with Crippen molar-refractivity contribution in [3.05, 3.63) is 70.8 Å². The number of anilines is 1. The Labute approximate surface area is 214 Å². The molecule has 1 aromatic rings. The molecule has 1 amide bonds. The van der Waals surface area contributed by atoms with Crippen molar-refractivity contribution in [2.75, 3.05) is 30.9 Å². The largest absolute Gasteiger partial charge is 0.368 e. The number of hydrogen-bond donors (Lipinski definition) is 1. The summed E-state index contributed by atoms with van der Waals surface area (Å²) >= 11 is 1.47. The molecule has 0 radical (unpaired) electrons. The van der Waals surface area contributed by atoms with E-state index in [4.69, 9.17) is 0 Å². The molecule has 1 atom stereocenters. The molecule has 1 aliphatic rings. The van der Waals surface area contributed by atoms with Gasteiger partial charge in [-0.05, 0) is 62.5 Å². The van der Waals surface area contributed by atoms with Gasteiger partial charge in [-0.25, -0.2) is 4.39 Å². The highest BCUT2D eigenvalue weighted by Crippen LogP contribution is 2.30. The number of carbonyl (C=O) groups excluding carboxylic acids is 1. The Kier molecular flexibility index (Phi) is 10.8. The number of aliphatic imine (C=N–C) groups is 1. The lowest BCUT2D eigenvalue weighted by Gasteiger charge is -2.38. The number of hydrogen-bond acceptors (Lipinski definition) is 5. The first-order valence-corrected chi connectivity index (χ1v) is 12.9. The predicted molar refractivity (Wildman–Crippen MR) is 150 cm³/mol. The van der Waals surface area contributed by atoms with Crippen LogP contribution in [0.5, 0.6) is 0 Å². The van der Waals surface area contributed by atoms with Crippen LogP contribution in [0.3, 0.4) is 0 Å². The molecule has 1 heterocycles. The van der Waals surface area contributed by atoms with Crippen LogP contribution in [0.15, 0.2) is 64.7 Å². The minimum Gasteiger partial charge on any atom is -0.368 e. The summed E-state index contributed by atoms with van der Waals surface area (Å²) in [6.45, 7) is 23.9. The third kappa shape index (κ3) is 7.34. The highest BCUT2D eigenvalue weighted by molar-refractivity contribution is 8.04. The van der Waals surface area contributed by atoms with Crippen molar-refractivity contribution >= 4 is 36.0 Å². The molecular formula is C28H39FN4OS. The number of aryl methyl sites for hydroxylation is 1. The topological polar surface area (TPSA) is 47.9 Å². The Bertz CT molecular complexity index is 1000. The molecular weight excluding hydrogens is 459 g/mol. The van der Waals surface area contributed by atoms with E-state index in [0.717, 1.165) is 33.1 Å². The lowest BCUT2D eigenvalue weighted by atomic mass is 10.0. The van der Waals surface area contributed by atoms with Gasteiger partial charge in [0.1, 0.15) is 6.17 Å². The van der Waals surface area contributed by atoms with Gasteiger partial charge in [-0.1, -0.05) is 52.1 Å². The van der Waals surface area contributed by atoms with E-state index in [1.807, 2.05) is 13.0 Å². The monoisotopic (exact) mass is 498 g/mol. The summed E-state index contributed by atoms with van der Waals surface area (Å²) in [7, 11) is 0. The van der Waals surface area contributed by atoms with E-state index in [-0.39, 0.29) is 17.4 Å². The molecule has 2 rings (SSSR count). The molecule has 35 heavy (non-hydrogen) atoms. The second kappa shape index (κ2) is 13.3. The zero-order valence-corrected chi connectivity index (χ0v) is 22.6. The smallest absolute Gasteiger partial charge is 0.252 e. The average Bonchev–Trinajstić information content (AvgIpc) is 2.84. The first-order chi connectivity index (χ1) is 16.6. The standard InChI is InChI=1S/C28H39FN4OS/c1-9-11-25(21(6)29)28(34)33-16-14-32(15-17-33)22(7)24-13-12-23(18-20(24)5)31-35-26(10-2)27(30-8)19(3)4/h10-13,18-19,21,31H,2,7-9,14-17H2,1,3-6H3/b25-11+,27-26-. The van der Waals surface area contributed by atoms with Crippen molar-refractivity contribution in [1.82, 2.24) is 9.80 Å². The summed E-state index contributed by atoms with van der Waals surface area (Å²) in [6, 6.07) is 6.19. The van der Waals surface area contributed by atoms with Crippen LogP contribution in [-0.4, -0.2) is 54.8 Å². The third-order valence-electron chi connectivity index (χ3n) is 6.02. The summed E-state index contributed by atoms with van der Waals surface area (Å²) in [5, 5.41) is 0. The van der Waals surface area contributed by atoms with E-state index in [2.05, 4.69) is 67.4 Å². The second-order valence-corrected chi connectivity index (χ2v) is 9.76. The Morgan fingerprint density at radius 3 is 2.34 bits per heavy atom. The minimum absolute atomic E-state index is 0.198. The molecule has 1 unspecified atom stereocenters. The number of benzene rings is 1. The zero-order valence-electron chi connectivity index (χ0n) is 21.7. The van der Waals surface area contributed by atoms with E-state index in [0.29, 0.717) is 32.6 Å². The van der Waals surface area contributed by atoms with Gasteiger partial charge in [-0.3, -0.25) is 9.79 Å². The van der Waals surface area contributed by atoms with Crippen molar-refractivity contribution in [3.63, 3.8) is 0 Å². The summed E-state index contributed by atoms with van der Waals surface area (Å²) in [4.78, 5) is 21.8. The van der Waals surface area contributed by atoms with Crippen molar-refractivity contribution in [2.24, 2.45) is 10.9 Å². The molecule has 0 aliphatic carbocycles. The second-order valence-electron chi connectivity index (χ2n) is 8.91. The Morgan fingerprint density at radius 1 is 1.23 bits per heavy atom. The molecule has 1 fully saturated rings. The van der Waals surface area contributed by atoms with Crippen LogP contribution in [0.1, 0.15) is 45.2 Å². The first-order valence-electron chi connectivity index (χ1n) is 12.1. The molecule has 0 aromatic heterocycles. The molecule has 190 valence electrons. The van der Waals surface area contributed by atoms with Crippen LogP contribution in [0, 0.1) is 12.8 Å². The van der Waals surface area contributed by atoms with E-state index in [1.54, 1.807) is 17.1 Å². The van der Waals surface area contributed by atoms with Gasteiger partial charge < -0.3 is 14.5 Å². The minimum atomic E-state index is -1.26. The maximum Gasteiger partial charge on any atom is 0.252 e. The number of carbonyl (C=O) groups is 1. The van der Waals surface area contributed by atoms with Crippen LogP contribution in [0.25, 0.3) is 5.70 Å². The van der Waals surface area contributed by atoms with Crippen LogP contribution >= 0.6 is 11.9 Å². The molecule has 1 aromatic carbocycles. The lowest BCUT2D eigenvalue weighted by Crippen LogP contribution is -2.48. The molecule has 1 N–H and O–H groups in total. The van der Waals surface area contributed by atoms with Gasteiger partial charge in [0.25, 0.3) is 5.91 Å². The fourth-order valence-corrected chi connectivity index (χ4v) is 4.92. The van der Waals surface area contributed by atoms with Crippen LogP contribution in [0.4, 0.5) is 10.1 Å². The van der Waals surface area contributed by atoms with Gasteiger partial charge in [-0.15, -0.1) is 0 Å². The quantitative estimate of drug-likeness (QED) is 0.161. The molecule has 1 saturated heterocycles. The number of amides is 1. The average molecular weight is 499 g/mol. The molecule has 5 nitrogen and oxygen atoms in total. The Balaban J connectivity index is 2.04. The fraction of sp³-hybridized carbons (Fsp3) is 0.429. The number of rotatable bonds is 11. The Hall–Kier alpha value is -2.80. The highest BCUT2D eigenvalue weighted by atomic mass is 32.2. The molecule has 0 bridgehead atoms. The van der Waals surface area contributed by atoms with Gasteiger partial charge in [0.05, 0.1) is 5.70 Å². The van der Waals surface area contributed by atoms with Crippen LogP contribution in [-0.2, 0) is 4.79 Å². The first kappa shape index (κ1) is 28.4. The maximum atomic E-state index is 13.9. The zero-order chi connectivity index (χ0) is 26.1. The van der Waals surface area contributed by atoms with Gasteiger partial charge in [-0.2, -0.15) is 0 Å². The lowest BCUT2D eigenvalue weighted by molar-refractivity contribution is -0.129. The van der Waals surface area contributed by atoms with Gasteiger partial charge >= 0.3 is 0 Å². The van der Waals surface area contributed by atoms with E-state index >= 15 is 0 Å². The number of allylic oxidation sites excluding steroid dienone is 3. The highest BCUT2D eigenvalue weighted by Gasteiger charge is 2.27. The molecule has 1 aliphatic heterocycles. The third-order valence-corrected chi connectivity index (χ3v) is 6.95. The predicted octanol–water partition coefficient (Wildman–Crippen LogP) is 6.62. The van der Waals surface area contributed by atoms with Crippen molar-refractivity contribution in [3.8, 4) is 0 Å². The summed E-state index contributed by atoms with van der Waals surface area (Å²) in [6.07, 6.45) is 2.88. The van der Waals surface area contributed by atoms with Crippen molar-refractivity contribution < 1.29 is 9.18 Å². The number of halogens is 1. The number of piperazine rings is 1. The van der Waals surface area contributed by atoms with E-state index in [1.165, 1.54) is 18.9 Å². The van der Waals surface area contributed by atoms with E-state index in [9.17, 15) is 9.18 Å². The summed E-state index contributed by atoms with van der Waals surface area (Å²) in [5.41, 5.74) is 5.25. The molecule has 0 spiro atoms. The van der Waals surface area contributed by atoms with Crippen LogP contribution < -0.4 is 4.72 Å². The van der Waals surface area contributed by atoms with E-state index < -0.39 is 6.17 Å². The van der Waals surface area contributed by atoms with Crippen molar-refractivity contribution in [1.29, 1.82) is 0 Å². The molecule has 7 heteroatoms. The summed E-state index contributed by atoms with van der Waals surface area (Å²) < 4.78 is 17.3. The Morgan fingerprint density at radius 2 is 1.86 bits per heavy atom. The van der Waals surface area contributed by atoms with Gasteiger partial charge in [0.2, 0.25) is 0 Å². The molecule has 0 saturated carbocycles. The maximum absolute atomic E-state index is 13.9. The van der Waals surface area contributed by atoms with Gasteiger partial charge in [0, 0.05) is 53.6 Å². The van der Waals surface area contributed by atoms with Crippen molar-refractivity contribution in [2.45, 2.75) is 47.2 Å². The summed E-state index contributed by atoms with van der Waals surface area (Å²) in [5.74, 6) is 0.0593. The number of alkyl halides is 1. The number of nitrogens with one attached hydrogen (secondary N) is 1. The van der Waals surface area contributed by atoms with Crippen LogP contribution in [0.2, 0.25) is 0 Å². The number of nitrogens with zero attached hydrogens (tertiary/aromatic N) is 3.